The number of nitrogens with zero attached hydrogens (tertiary/aromatic N) is 1. The molecule has 0 aliphatic carbocycles. The molecule has 1 rings (SSSR count). The van der Waals surface area contributed by atoms with Crippen molar-refractivity contribution in [2.45, 2.75) is 19.3 Å². The Morgan fingerprint density at radius 2 is 2.25 bits per heavy atom. The summed E-state index contributed by atoms with van der Waals surface area (Å²) < 4.78 is 5.21. The standard InChI is InChI=1S/C12H20N2OS/c1-15-11-7-6-9-14-12(11)13-8-4-3-5-10-16-2/h6-7,9H,3-5,8,10H2,1-2H3,(H,13,14). The molecular formula is C12H20N2OS. The van der Waals surface area contributed by atoms with Crippen molar-refractivity contribution in [3.8, 4) is 5.75 Å². The van der Waals surface area contributed by atoms with Gasteiger partial charge in [-0.3, -0.25) is 0 Å². The maximum atomic E-state index is 5.21. The number of ether oxygens (including phenoxy) is 1. The molecule has 0 atom stereocenters. The summed E-state index contributed by atoms with van der Waals surface area (Å²) in [5, 5.41) is 3.30. The van der Waals surface area contributed by atoms with E-state index < -0.39 is 0 Å². The Labute approximate surface area is 102 Å². The van der Waals surface area contributed by atoms with Crippen LogP contribution in [-0.2, 0) is 0 Å². The number of methoxy groups -OCH3 is 1. The summed E-state index contributed by atoms with van der Waals surface area (Å²) in [7, 11) is 1.67. The number of unbranched alkanes of at least 4 members (excludes halogenated alkanes) is 2. The molecule has 0 unspecified atom stereocenters. The van der Waals surface area contributed by atoms with Crippen LogP contribution in [0, 0.1) is 0 Å². The summed E-state index contributed by atoms with van der Waals surface area (Å²) in [5.41, 5.74) is 0. The van der Waals surface area contributed by atoms with Gasteiger partial charge in [-0.25, -0.2) is 4.98 Å². The van der Waals surface area contributed by atoms with Crippen molar-refractivity contribution in [3.63, 3.8) is 0 Å². The van der Waals surface area contributed by atoms with Gasteiger partial charge in [-0.05, 0) is 37.0 Å². The predicted octanol–water partition coefficient (Wildman–Crippen LogP) is 3.04. The molecule has 0 amide bonds. The van der Waals surface area contributed by atoms with E-state index in [0.717, 1.165) is 18.1 Å². The quantitative estimate of drug-likeness (QED) is 0.708. The minimum atomic E-state index is 0.812. The van der Waals surface area contributed by atoms with E-state index in [4.69, 9.17) is 4.74 Å². The van der Waals surface area contributed by atoms with Crippen LogP contribution in [0.2, 0.25) is 0 Å². The molecule has 1 N–H and O–H groups in total. The molecule has 0 spiro atoms. The van der Waals surface area contributed by atoms with Crippen LogP contribution in [0.25, 0.3) is 0 Å². The van der Waals surface area contributed by atoms with Gasteiger partial charge in [0.05, 0.1) is 7.11 Å². The number of anilines is 1. The average Bonchev–Trinajstić information content (AvgIpc) is 2.34. The van der Waals surface area contributed by atoms with Gasteiger partial charge < -0.3 is 10.1 Å². The van der Waals surface area contributed by atoms with E-state index in [1.54, 1.807) is 13.3 Å². The minimum absolute atomic E-state index is 0.812. The lowest BCUT2D eigenvalue weighted by molar-refractivity contribution is 0.414. The fourth-order valence-corrected chi connectivity index (χ4v) is 1.94. The van der Waals surface area contributed by atoms with E-state index in [1.807, 2.05) is 23.9 Å². The predicted molar refractivity (Wildman–Crippen MR) is 71.5 cm³/mol. The van der Waals surface area contributed by atoms with E-state index in [0.29, 0.717) is 0 Å². The molecule has 1 aromatic heterocycles. The molecule has 4 heteroatoms. The first-order valence-electron chi connectivity index (χ1n) is 5.60. The van der Waals surface area contributed by atoms with Gasteiger partial charge in [0, 0.05) is 12.7 Å². The maximum absolute atomic E-state index is 5.21. The van der Waals surface area contributed by atoms with E-state index in [1.165, 1.54) is 25.0 Å². The van der Waals surface area contributed by atoms with E-state index in [-0.39, 0.29) is 0 Å². The largest absolute Gasteiger partial charge is 0.493 e. The van der Waals surface area contributed by atoms with Gasteiger partial charge in [0.25, 0.3) is 0 Å². The van der Waals surface area contributed by atoms with Crippen LogP contribution in [0.15, 0.2) is 18.3 Å². The lowest BCUT2D eigenvalue weighted by atomic mass is 10.2. The summed E-state index contributed by atoms with van der Waals surface area (Å²) in [6, 6.07) is 3.80. The van der Waals surface area contributed by atoms with Gasteiger partial charge >= 0.3 is 0 Å². The van der Waals surface area contributed by atoms with Crippen LogP contribution in [0.3, 0.4) is 0 Å². The zero-order valence-electron chi connectivity index (χ0n) is 10.0. The first-order valence-corrected chi connectivity index (χ1v) is 6.99. The van der Waals surface area contributed by atoms with E-state index in [2.05, 4.69) is 16.6 Å². The molecule has 0 bridgehead atoms. The lowest BCUT2D eigenvalue weighted by Crippen LogP contribution is -2.04. The number of aromatic nitrogens is 1. The van der Waals surface area contributed by atoms with Gasteiger partial charge in [-0.15, -0.1) is 0 Å². The van der Waals surface area contributed by atoms with Gasteiger partial charge in [0.2, 0.25) is 0 Å². The molecule has 0 saturated heterocycles. The van der Waals surface area contributed by atoms with Crippen molar-refractivity contribution in [1.29, 1.82) is 0 Å². The normalized spacial score (nSPS) is 10.1. The fraction of sp³-hybridized carbons (Fsp3) is 0.583. The molecule has 0 aliphatic rings. The van der Waals surface area contributed by atoms with Crippen LogP contribution in [-0.4, -0.2) is 30.6 Å². The summed E-state index contributed by atoms with van der Waals surface area (Å²) >= 11 is 1.91. The molecule has 1 heterocycles. The van der Waals surface area contributed by atoms with Crippen molar-refractivity contribution in [2.75, 3.05) is 31.0 Å². The fourth-order valence-electron chi connectivity index (χ4n) is 1.44. The van der Waals surface area contributed by atoms with Crippen LogP contribution < -0.4 is 10.1 Å². The number of rotatable bonds is 8. The topological polar surface area (TPSA) is 34.1 Å². The maximum Gasteiger partial charge on any atom is 0.168 e. The highest BCUT2D eigenvalue weighted by Gasteiger charge is 2.00. The van der Waals surface area contributed by atoms with Crippen molar-refractivity contribution in [2.24, 2.45) is 0 Å². The third kappa shape index (κ3) is 4.75. The SMILES string of the molecule is COc1cccnc1NCCCCCSC. The zero-order valence-corrected chi connectivity index (χ0v) is 10.8. The van der Waals surface area contributed by atoms with Gasteiger partial charge in [-0.1, -0.05) is 6.42 Å². The van der Waals surface area contributed by atoms with Gasteiger partial charge in [0.15, 0.2) is 11.6 Å². The van der Waals surface area contributed by atoms with Crippen molar-refractivity contribution < 1.29 is 4.74 Å². The number of pyridine rings is 1. The summed E-state index contributed by atoms with van der Waals surface area (Å²) in [4.78, 5) is 4.24. The number of thioether (sulfide) groups is 1. The molecule has 0 aromatic carbocycles. The van der Waals surface area contributed by atoms with E-state index >= 15 is 0 Å². The second-order valence-corrected chi connectivity index (χ2v) is 4.52. The highest BCUT2D eigenvalue weighted by atomic mass is 32.2. The van der Waals surface area contributed by atoms with Gasteiger partial charge in [0.1, 0.15) is 0 Å². The van der Waals surface area contributed by atoms with Crippen molar-refractivity contribution in [1.82, 2.24) is 4.98 Å². The molecule has 1 aromatic rings. The van der Waals surface area contributed by atoms with Gasteiger partial charge in [-0.2, -0.15) is 11.8 Å². The molecule has 3 nitrogen and oxygen atoms in total. The lowest BCUT2D eigenvalue weighted by Gasteiger charge is -2.09. The monoisotopic (exact) mass is 240 g/mol. The third-order valence-corrected chi connectivity index (χ3v) is 3.01. The van der Waals surface area contributed by atoms with E-state index in [9.17, 15) is 0 Å². The molecule has 0 saturated carbocycles. The number of nitrogens with one attached hydrogen (secondary N) is 1. The Kier molecular flexibility index (Phi) is 6.81. The highest BCUT2D eigenvalue weighted by Crippen LogP contribution is 2.19. The zero-order chi connectivity index (χ0) is 11.6. The summed E-state index contributed by atoms with van der Waals surface area (Å²) in [6.07, 6.45) is 7.67. The first-order chi connectivity index (χ1) is 7.88. The average molecular weight is 240 g/mol. The Bertz CT molecular complexity index is 294. The van der Waals surface area contributed by atoms with Crippen molar-refractivity contribution in [3.05, 3.63) is 18.3 Å². The third-order valence-electron chi connectivity index (χ3n) is 2.31. The Morgan fingerprint density at radius 1 is 1.38 bits per heavy atom. The molecule has 16 heavy (non-hydrogen) atoms. The second kappa shape index (κ2) is 8.28. The van der Waals surface area contributed by atoms with Crippen LogP contribution in [0.4, 0.5) is 5.82 Å². The smallest absolute Gasteiger partial charge is 0.168 e. The first kappa shape index (κ1) is 13.2. The number of hydrogen-bond acceptors (Lipinski definition) is 4. The summed E-state index contributed by atoms with van der Waals surface area (Å²) in [5.74, 6) is 2.91. The van der Waals surface area contributed by atoms with Crippen molar-refractivity contribution >= 4 is 17.6 Å². The highest BCUT2D eigenvalue weighted by molar-refractivity contribution is 7.98. The van der Waals surface area contributed by atoms with Crippen LogP contribution >= 0.6 is 11.8 Å². The Morgan fingerprint density at radius 3 is 3.00 bits per heavy atom. The number of hydrogen-bond donors (Lipinski definition) is 1. The molecule has 0 fully saturated rings. The molecule has 0 radical (unpaired) electrons. The van der Waals surface area contributed by atoms with Crippen LogP contribution in [0.5, 0.6) is 5.75 Å². The Balaban J connectivity index is 2.21. The molecular weight excluding hydrogens is 220 g/mol. The minimum Gasteiger partial charge on any atom is -0.493 e. The Hall–Kier alpha value is -0.900. The molecule has 90 valence electrons. The van der Waals surface area contributed by atoms with Crippen LogP contribution in [0.1, 0.15) is 19.3 Å². The molecule has 0 aliphatic heterocycles. The summed E-state index contributed by atoms with van der Waals surface area (Å²) in [6.45, 7) is 0.960. The second-order valence-electron chi connectivity index (χ2n) is 3.53.